The number of thioether (sulfide) groups is 1. The number of aryl methyl sites for hydroxylation is 1. The first-order valence-electron chi connectivity index (χ1n) is 11.0. The van der Waals surface area contributed by atoms with Crippen LogP contribution in [0.3, 0.4) is 0 Å². The number of nitrogens with one attached hydrogen (secondary N) is 1. The quantitative estimate of drug-likeness (QED) is 0.389. The molecule has 3 aromatic rings. The number of likely N-dealkylation sites (N-methyl/N-ethyl adjacent to an activating group) is 1. The summed E-state index contributed by atoms with van der Waals surface area (Å²) >= 11 is 7.43. The van der Waals surface area contributed by atoms with Gasteiger partial charge in [0, 0.05) is 29.4 Å². The summed E-state index contributed by atoms with van der Waals surface area (Å²) in [6.45, 7) is 4.80. The Kier molecular flexibility index (Phi) is 9.40. The van der Waals surface area contributed by atoms with Crippen molar-refractivity contribution in [3.63, 3.8) is 0 Å². The molecule has 0 saturated heterocycles. The minimum absolute atomic E-state index is 0.0808. The second-order valence-corrected chi connectivity index (χ2v) is 9.34. The smallest absolute Gasteiger partial charge is 0.243 e. The van der Waals surface area contributed by atoms with Gasteiger partial charge in [0.1, 0.15) is 6.04 Å². The largest absolute Gasteiger partial charge is 0.355 e. The van der Waals surface area contributed by atoms with Gasteiger partial charge in [-0.1, -0.05) is 71.8 Å². The lowest BCUT2D eigenvalue weighted by molar-refractivity contribution is -0.139. The third-order valence-corrected chi connectivity index (χ3v) is 6.52. The van der Waals surface area contributed by atoms with E-state index in [1.54, 1.807) is 4.90 Å². The highest BCUT2D eigenvalue weighted by Crippen LogP contribution is 2.23. The molecule has 0 unspecified atom stereocenters. The van der Waals surface area contributed by atoms with Gasteiger partial charge >= 0.3 is 0 Å². The highest BCUT2D eigenvalue weighted by molar-refractivity contribution is 8.00. The van der Waals surface area contributed by atoms with Crippen LogP contribution >= 0.6 is 23.4 Å². The fourth-order valence-corrected chi connectivity index (χ4v) is 4.41. The van der Waals surface area contributed by atoms with Crippen LogP contribution in [0.5, 0.6) is 0 Å². The lowest BCUT2D eigenvalue weighted by atomic mass is 10.0. The minimum atomic E-state index is -0.605. The van der Waals surface area contributed by atoms with Gasteiger partial charge in [-0.05, 0) is 49.2 Å². The van der Waals surface area contributed by atoms with Gasteiger partial charge in [-0.2, -0.15) is 0 Å². The topological polar surface area (TPSA) is 49.4 Å². The zero-order valence-electron chi connectivity index (χ0n) is 19.0. The Morgan fingerprint density at radius 2 is 1.61 bits per heavy atom. The van der Waals surface area contributed by atoms with Crippen molar-refractivity contribution in [2.45, 2.75) is 37.8 Å². The molecule has 0 aliphatic rings. The number of hydrogen-bond donors (Lipinski definition) is 1. The lowest BCUT2D eigenvalue weighted by Crippen LogP contribution is -2.51. The summed E-state index contributed by atoms with van der Waals surface area (Å²) in [5.74, 6) is 0.0130. The molecule has 0 spiro atoms. The number of nitrogens with zero attached hydrogens (tertiary/aromatic N) is 1. The van der Waals surface area contributed by atoms with Crippen LogP contribution in [0, 0.1) is 6.92 Å². The molecule has 3 aromatic carbocycles. The Balaban J connectivity index is 1.87. The molecule has 1 atom stereocenters. The average molecular weight is 481 g/mol. The third-order valence-electron chi connectivity index (χ3n) is 5.27. The van der Waals surface area contributed by atoms with E-state index in [2.05, 4.69) is 5.32 Å². The van der Waals surface area contributed by atoms with Gasteiger partial charge in [-0.25, -0.2) is 0 Å². The zero-order valence-corrected chi connectivity index (χ0v) is 20.5. The monoisotopic (exact) mass is 480 g/mol. The molecule has 2 amide bonds. The molecule has 6 heteroatoms. The Labute approximate surface area is 205 Å². The molecule has 0 bridgehead atoms. The lowest BCUT2D eigenvalue weighted by Gasteiger charge is -2.31. The molecule has 0 saturated carbocycles. The first-order chi connectivity index (χ1) is 16.0. The van der Waals surface area contributed by atoms with Crippen LogP contribution in [-0.2, 0) is 22.6 Å². The maximum absolute atomic E-state index is 13.5. The predicted molar refractivity (Wildman–Crippen MR) is 137 cm³/mol. The summed E-state index contributed by atoms with van der Waals surface area (Å²) in [5.41, 5.74) is 3.16. The molecule has 33 heavy (non-hydrogen) atoms. The standard InChI is InChI=1S/C27H29ClN2O2S/c1-3-29-27(32)25(17-21-7-5-4-6-8-21)30(18-22-11-9-20(2)10-12-22)26(31)19-33-24-15-13-23(28)14-16-24/h4-16,25H,3,17-19H2,1-2H3,(H,29,32)/t25-/m0/s1. The summed E-state index contributed by atoms with van der Waals surface area (Å²) in [5, 5.41) is 3.58. The Hall–Kier alpha value is -2.76. The molecule has 3 rings (SSSR count). The second-order valence-electron chi connectivity index (χ2n) is 7.85. The van der Waals surface area contributed by atoms with Crippen LogP contribution in [0.25, 0.3) is 0 Å². The maximum atomic E-state index is 13.5. The van der Waals surface area contributed by atoms with Crippen LogP contribution < -0.4 is 5.32 Å². The summed E-state index contributed by atoms with van der Waals surface area (Å²) in [4.78, 5) is 29.3. The molecule has 0 aliphatic heterocycles. The number of amides is 2. The van der Waals surface area contributed by atoms with E-state index >= 15 is 0 Å². The molecule has 0 heterocycles. The van der Waals surface area contributed by atoms with Gasteiger partial charge in [-0.3, -0.25) is 9.59 Å². The predicted octanol–water partition coefficient (Wildman–Crippen LogP) is 5.52. The van der Waals surface area contributed by atoms with Gasteiger partial charge in [0.2, 0.25) is 11.8 Å². The molecule has 0 aromatic heterocycles. The number of rotatable bonds is 10. The van der Waals surface area contributed by atoms with E-state index < -0.39 is 6.04 Å². The van der Waals surface area contributed by atoms with Crippen molar-refractivity contribution in [2.24, 2.45) is 0 Å². The first-order valence-corrected chi connectivity index (χ1v) is 12.4. The Morgan fingerprint density at radius 3 is 2.24 bits per heavy atom. The van der Waals surface area contributed by atoms with Crippen LogP contribution in [0.2, 0.25) is 5.02 Å². The van der Waals surface area contributed by atoms with Crippen molar-refractivity contribution in [1.82, 2.24) is 10.2 Å². The normalized spacial score (nSPS) is 11.6. The summed E-state index contributed by atoms with van der Waals surface area (Å²) in [7, 11) is 0. The SMILES string of the molecule is CCNC(=O)[C@H](Cc1ccccc1)N(Cc1ccc(C)cc1)C(=O)CSc1ccc(Cl)cc1. The van der Waals surface area contributed by atoms with Crippen molar-refractivity contribution in [3.8, 4) is 0 Å². The van der Waals surface area contributed by atoms with Crippen LogP contribution in [0.4, 0.5) is 0 Å². The molecule has 4 nitrogen and oxygen atoms in total. The zero-order chi connectivity index (χ0) is 23.6. The van der Waals surface area contributed by atoms with Gasteiger partial charge in [0.05, 0.1) is 5.75 Å². The number of carbonyl (C=O) groups is 2. The van der Waals surface area contributed by atoms with Gasteiger partial charge < -0.3 is 10.2 Å². The van der Waals surface area contributed by atoms with Crippen LogP contribution in [0.1, 0.15) is 23.6 Å². The van der Waals surface area contributed by atoms with Crippen molar-refractivity contribution in [1.29, 1.82) is 0 Å². The van der Waals surface area contributed by atoms with Crippen molar-refractivity contribution in [3.05, 3.63) is 101 Å². The Bertz CT molecular complexity index is 1040. The molecule has 0 fully saturated rings. The number of hydrogen-bond acceptors (Lipinski definition) is 3. The molecule has 172 valence electrons. The third kappa shape index (κ3) is 7.65. The number of halogens is 1. The first kappa shape index (κ1) is 24.9. The van der Waals surface area contributed by atoms with E-state index in [1.165, 1.54) is 11.8 Å². The summed E-state index contributed by atoms with van der Waals surface area (Å²) in [6, 6.07) is 24.7. The fraction of sp³-hybridized carbons (Fsp3) is 0.259. The minimum Gasteiger partial charge on any atom is -0.355 e. The van der Waals surface area contributed by atoms with E-state index in [4.69, 9.17) is 11.6 Å². The number of benzene rings is 3. The second kappa shape index (κ2) is 12.5. The van der Waals surface area contributed by atoms with E-state index in [-0.39, 0.29) is 17.6 Å². The van der Waals surface area contributed by atoms with Crippen molar-refractivity contribution in [2.75, 3.05) is 12.3 Å². The van der Waals surface area contributed by atoms with Crippen LogP contribution in [0.15, 0.2) is 83.8 Å². The summed E-state index contributed by atoms with van der Waals surface area (Å²) in [6.07, 6.45) is 0.454. The van der Waals surface area contributed by atoms with Gasteiger partial charge in [0.15, 0.2) is 0 Å². The van der Waals surface area contributed by atoms with Crippen LogP contribution in [-0.4, -0.2) is 35.1 Å². The van der Waals surface area contributed by atoms with Gasteiger partial charge in [-0.15, -0.1) is 11.8 Å². The molecular formula is C27H29ClN2O2S. The van der Waals surface area contributed by atoms with E-state index in [0.717, 1.165) is 21.6 Å². The van der Waals surface area contributed by atoms with E-state index in [0.29, 0.717) is 24.5 Å². The maximum Gasteiger partial charge on any atom is 0.243 e. The molecular weight excluding hydrogens is 452 g/mol. The van der Waals surface area contributed by atoms with Gasteiger partial charge in [0.25, 0.3) is 0 Å². The highest BCUT2D eigenvalue weighted by atomic mass is 35.5. The van der Waals surface area contributed by atoms with E-state index in [9.17, 15) is 9.59 Å². The average Bonchev–Trinajstić information content (AvgIpc) is 2.82. The van der Waals surface area contributed by atoms with E-state index in [1.807, 2.05) is 92.7 Å². The van der Waals surface area contributed by atoms with Crippen molar-refractivity contribution < 1.29 is 9.59 Å². The number of carbonyl (C=O) groups excluding carboxylic acids is 2. The highest BCUT2D eigenvalue weighted by Gasteiger charge is 2.30. The molecule has 1 N–H and O–H groups in total. The molecule has 0 aliphatic carbocycles. The summed E-state index contributed by atoms with van der Waals surface area (Å²) < 4.78 is 0. The van der Waals surface area contributed by atoms with Crippen molar-refractivity contribution >= 4 is 35.2 Å². The fourth-order valence-electron chi connectivity index (χ4n) is 3.49. The Morgan fingerprint density at radius 1 is 0.939 bits per heavy atom. The molecule has 0 radical (unpaired) electrons.